The molecule has 1 saturated heterocycles. The summed E-state index contributed by atoms with van der Waals surface area (Å²) in [4.78, 5) is 0. The number of fused-ring (bicyclic) bond motifs is 3. The van der Waals surface area contributed by atoms with Crippen LogP contribution in [0.15, 0.2) is 36.0 Å². The second-order valence-corrected chi connectivity index (χ2v) is 5.94. The first-order chi connectivity index (χ1) is 8.47. The molecule has 1 heterocycles. The molecular formula is C15H20O3. The van der Waals surface area contributed by atoms with Crippen LogP contribution >= 0.6 is 0 Å². The second-order valence-electron chi connectivity index (χ2n) is 5.94. The van der Waals surface area contributed by atoms with E-state index in [-0.39, 0.29) is 18.1 Å². The Morgan fingerprint density at radius 1 is 1.61 bits per heavy atom. The molecule has 0 unspecified atom stereocenters. The third-order valence-corrected chi connectivity index (χ3v) is 5.14. The Bertz CT molecular complexity index is 464. The van der Waals surface area contributed by atoms with Gasteiger partial charge in [-0.3, -0.25) is 0 Å². The van der Waals surface area contributed by atoms with Crippen LogP contribution in [0.25, 0.3) is 0 Å². The number of epoxide rings is 1. The SMILES string of the molecule is C=C(CO)[C@@]12O[C@@H]1[C@@]1(C)C(=C[C@H]2O)C=CC[C@@H]1C. The molecule has 98 valence electrons. The molecule has 2 aliphatic carbocycles. The van der Waals surface area contributed by atoms with E-state index in [0.29, 0.717) is 11.5 Å². The monoisotopic (exact) mass is 248 g/mol. The highest BCUT2D eigenvalue weighted by Crippen LogP contribution is 2.63. The van der Waals surface area contributed by atoms with E-state index < -0.39 is 11.7 Å². The van der Waals surface area contributed by atoms with Crippen molar-refractivity contribution in [3.8, 4) is 0 Å². The van der Waals surface area contributed by atoms with Crippen molar-refractivity contribution in [1.29, 1.82) is 0 Å². The average Bonchev–Trinajstić information content (AvgIpc) is 3.11. The van der Waals surface area contributed by atoms with Gasteiger partial charge in [-0.05, 0) is 29.6 Å². The summed E-state index contributed by atoms with van der Waals surface area (Å²) in [5, 5.41) is 19.6. The fourth-order valence-corrected chi connectivity index (χ4v) is 3.60. The van der Waals surface area contributed by atoms with E-state index >= 15 is 0 Å². The van der Waals surface area contributed by atoms with Gasteiger partial charge in [0.2, 0.25) is 0 Å². The summed E-state index contributed by atoms with van der Waals surface area (Å²) in [7, 11) is 0. The lowest BCUT2D eigenvalue weighted by atomic mass is 9.59. The van der Waals surface area contributed by atoms with Gasteiger partial charge in [0, 0.05) is 5.41 Å². The summed E-state index contributed by atoms with van der Waals surface area (Å²) in [6.45, 7) is 8.13. The van der Waals surface area contributed by atoms with Crippen LogP contribution in [0.4, 0.5) is 0 Å². The fraction of sp³-hybridized carbons (Fsp3) is 0.600. The number of hydrogen-bond acceptors (Lipinski definition) is 3. The molecule has 0 aromatic carbocycles. The minimum absolute atomic E-state index is 0.0698. The molecule has 3 aliphatic rings. The molecule has 3 heteroatoms. The molecule has 0 aromatic rings. The van der Waals surface area contributed by atoms with E-state index in [4.69, 9.17) is 4.74 Å². The first kappa shape index (κ1) is 12.2. The lowest BCUT2D eigenvalue weighted by Gasteiger charge is -2.43. The largest absolute Gasteiger partial charge is 0.392 e. The van der Waals surface area contributed by atoms with Crippen LogP contribution in [0.5, 0.6) is 0 Å². The topological polar surface area (TPSA) is 53.0 Å². The smallest absolute Gasteiger partial charge is 0.148 e. The standard InChI is InChI=1S/C15H20O3/c1-9-5-4-6-11-7-12(17)15(10(2)8-16)13(18-15)14(9,11)3/h4,6-7,9,12-13,16-17H,2,5,8H2,1,3H3/t9-,12+,13+,14+,15-/m0/s1. The lowest BCUT2D eigenvalue weighted by Crippen LogP contribution is -2.47. The van der Waals surface area contributed by atoms with Crippen LogP contribution in [0.2, 0.25) is 0 Å². The maximum Gasteiger partial charge on any atom is 0.148 e. The highest BCUT2D eigenvalue weighted by Gasteiger charge is 2.72. The van der Waals surface area contributed by atoms with Crippen LogP contribution in [0.3, 0.4) is 0 Å². The number of hydrogen-bond donors (Lipinski definition) is 2. The molecule has 0 spiro atoms. The van der Waals surface area contributed by atoms with Gasteiger partial charge in [0.15, 0.2) is 0 Å². The molecule has 18 heavy (non-hydrogen) atoms. The van der Waals surface area contributed by atoms with Gasteiger partial charge in [0.1, 0.15) is 17.8 Å². The molecule has 0 saturated carbocycles. The number of ether oxygens (including phenoxy) is 1. The molecule has 3 rings (SSSR count). The first-order valence-electron chi connectivity index (χ1n) is 6.51. The minimum atomic E-state index is -0.757. The molecular weight excluding hydrogens is 228 g/mol. The highest BCUT2D eigenvalue weighted by atomic mass is 16.6. The van der Waals surface area contributed by atoms with Gasteiger partial charge in [-0.1, -0.05) is 32.6 Å². The Labute approximate surface area is 107 Å². The Morgan fingerprint density at radius 2 is 2.33 bits per heavy atom. The van der Waals surface area contributed by atoms with Crippen molar-refractivity contribution < 1.29 is 14.9 Å². The molecule has 2 N–H and O–H groups in total. The van der Waals surface area contributed by atoms with Crippen molar-refractivity contribution >= 4 is 0 Å². The van der Waals surface area contributed by atoms with Crippen LogP contribution in [-0.2, 0) is 4.74 Å². The van der Waals surface area contributed by atoms with Crippen molar-refractivity contribution in [3.05, 3.63) is 36.0 Å². The van der Waals surface area contributed by atoms with Gasteiger partial charge in [-0.15, -0.1) is 0 Å². The van der Waals surface area contributed by atoms with Gasteiger partial charge in [0.25, 0.3) is 0 Å². The first-order valence-corrected chi connectivity index (χ1v) is 6.51. The number of allylic oxidation sites excluding steroid dienone is 2. The molecule has 1 aliphatic heterocycles. The van der Waals surface area contributed by atoms with E-state index in [9.17, 15) is 10.2 Å². The Kier molecular flexibility index (Phi) is 2.40. The van der Waals surface area contributed by atoms with Crippen molar-refractivity contribution in [2.24, 2.45) is 11.3 Å². The minimum Gasteiger partial charge on any atom is -0.392 e. The molecule has 1 fully saturated rings. The average molecular weight is 248 g/mol. The Hall–Kier alpha value is -0.900. The Morgan fingerprint density at radius 3 is 3.00 bits per heavy atom. The van der Waals surface area contributed by atoms with Crippen molar-refractivity contribution in [3.63, 3.8) is 0 Å². The lowest BCUT2D eigenvalue weighted by molar-refractivity contribution is 0.122. The van der Waals surface area contributed by atoms with E-state index in [1.165, 1.54) is 0 Å². The van der Waals surface area contributed by atoms with Crippen molar-refractivity contribution in [2.75, 3.05) is 6.61 Å². The third kappa shape index (κ3) is 1.20. The molecule has 0 aromatic heterocycles. The maximum absolute atomic E-state index is 10.3. The zero-order valence-corrected chi connectivity index (χ0v) is 10.9. The van der Waals surface area contributed by atoms with Crippen LogP contribution in [0, 0.1) is 11.3 Å². The van der Waals surface area contributed by atoms with E-state index in [1.54, 1.807) is 0 Å². The van der Waals surface area contributed by atoms with Gasteiger partial charge in [-0.25, -0.2) is 0 Å². The Balaban J connectivity index is 2.08. The van der Waals surface area contributed by atoms with Crippen molar-refractivity contribution in [1.82, 2.24) is 0 Å². The summed E-state index contributed by atoms with van der Waals surface area (Å²) in [5.74, 6) is 0.458. The quantitative estimate of drug-likeness (QED) is 0.576. The molecule has 0 radical (unpaired) electrons. The fourth-order valence-electron chi connectivity index (χ4n) is 3.60. The highest BCUT2D eigenvalue weighted by molar-refractivity contribution is 5.47. The van der Waals surface area contributed by atoms with Crippen LogP contribution in [-0.4, -0.2) is 34.6 Å². The van der Waals surface area contributed by atoms with Gasteiger partial charge in [-0.2, -0.15) is 0 Å². The zero-order valence-electron chi connectivity index (χ0n) is 10.9. The van der Waals surface area contributed by atoms with Gasteiger partial charge < -0.3 is 14.9 Å². The summed E-state index contributed by atoms with van der Waals surface area (Å²) in [6, 6.07) is 0. The van der Waals surface area contributed by atoms with E-state index in [2.05, 4.69) is 32.6 Å². The number of aliphatic hydroxyl groups excluding tert-OH is 2. The van der Waals surface area contributed by atoms with E-state index in [0.717, 1.165) is 12.0 Å². The van der Waals surface area contributed by atoms with Crippen LogP contribution < -0.4 is 0 Å². The summed E-state index contributed by atoms with van der Waals surface area (Å²) < 4.78 is 5.88. The van der Waals surface area contributed by atoms with Gasteiger partial charge >= 0.3 is 0 Å². The molecule has 0 bridgehead atoms. The molecule has 0 amide bonds. The number of rotatable bonds is 2. The predicted molar refractivity (Wildman–Crippen MR) is 68.9 cm³/mol. The predicted octanol–water partition coefficient (Wildman–Crippen LogP) is 1.58. The van der Waals surface area contributed by atoms with Gasteiger partial charge in [0.05, 0.1) is 6.61 Å². The maximum atomic E-state index is 10.3. The summed E-state index contributed by atoms with van der Waals surface area (Å²) in [5.41, 5.74) is 0.884. The summed E-state index contributed by atoms with van der Waals surface area (Å²) >= 11 is 0. The number of aliphatic hydroxyl groups is 2. The zero-order chi connectivity index (χ0) is 13.1. The molecule has 3 nitrogen and oxygen atoms in total. The normalized spacial score (nSPS) is 49.1. The summed E-state index contributed by atoms with van der Waals surface area (Å²) in [6.07, 6.45) is 6.36. The van der Waals surface area contributed by atoms with E-state index in [1.807, 2.05) is 6.08 Å². The van der Waals surface area contributed by atoms with Crippen LogP contribution in [0.1, 0.15) is 20.3 Å². The van der Waals surface area contributed by atoms with Crippen molar-refractivity contribution in [2.45, 2.75) is 38.1 Å². The second kappa shape index (κ2) is 3.56. The molecule has 5 atom stereocenters. The third-order valence-electron chi connectivity index (χ3n) is 5.14.